The van der Waals surface area contributed by atoms with Crippen LogP contribution in [0.2, 0.25) is 0 Å². The summed E-state index contributed by atoms with van der Waals surface area (Å²) in [6.45, 7) is 2.36. The van der Waals surface area contributed by atoms with Crippen molar-refractivity contribution in [1.29, 1.82) is 0 Å². The Morgan fingerprint density at radius 3 is 2.44 bits per heavy atom. The molecule has 0 aliphatic heterocycles. The first-order chi connectivity index (χ1) is 13.1. The number of aryl methyl sites for hydroxylation is 1. The van der Waals surface area contributed by atoms with Gasteiger partial charge in [-0.2, -0.15) is 0 Å². The van der Waals surface area contributed by atoms with Crippen LogP contribution >= 0.6 is 0 Å². The summed E-state index contributed by atoms with van der Waals surface area (Å²) in [6.07, 6.45) is 0. The van der Waals surface area contributed by atoms with Crippen LogP contribution in [0.1, 0.15) is 21.9 Å². The molecule has 1 amide bonds. The second-order valence-electron chi connectivity index (χ2n) is 6.09. The molecular weight excluding hydrogens is 340 g/mol. The minimum Gasteiger partial charge on any atom is -0.497 e. The lowest BCUT2D eigenvalue weighted by Gasteiger charge is -2.17. The van der Waals surface area contributed by atoms with Crippen molar-refractivity contribution >= 4 is 17.4 Å². The SMILES string of the molecule is COc1ccc(CNc2cc(C(=O)N(C)c3ccccc3)nc(C)n2)cc1. The minimum atomic E-state index is -0.181. The normalized spacial score (nSPS) is 10.3. The molecule has 0 aliphatic rings. The molecule has 0 bridgehead atoms. The van der Waals surface area contributed by atoms with E-state index in [2.05, 4.69) is 15.3 Å². The standard InChI is InChI=1S/C21H22N4O2/c1-15-23-19(21(26)25(2)17-7-5-4-6-8-17)13-20(24-15)22-14-16-9-11-18(27-3)12-10-16/h4-13H,14H2,1-3H3,(H,22,23,24). The molecule has 1 aromatic heterocycles. The van der Waals surface area contributed by atoms with E-state index in [1.54, 1.807) is 32.0 Å². The van der Waals surface area contributed by atoms with Crippen LogP contribution in [0, 0.1) is 6.92 Å². The summed E-state index contributed by atoms with van der Waals surface area (Å²) < 4.78 is 5.17. The van der Waals surface area contributed by atoms with Gasteiger partial charge in [0.2, 0.25) is 0 Å². The molecule has 0 radical (unpaired) electrons. The average Bonchev–Trinajstić information content (AvgIpc) is 2.71. The highest BCUT2D eigenvalue weighted by atomic mass is 16.5. The van der Waals surface area contributed by atoms with Gasteiger partial charge in [0, 0.05) is 25.3 Å². The third kappa shape index (κ3) is 4.61. The molecule has 0 atom stereocenters. The first kappa shape index (κ1) is 18.4. The smallest absolute Gasteiger partial charge is 0.276 e. The molecule has 0 saturated carbocycles. The second-order valence-corrected chi connectivity index (χ2v) is 6.09. The van der Waals surface area contributed by atoms with Crippen LogP contribution in [0.3, 0.4) is 0 Å². The molecule has 0 saturated heterocycles. The van der Waals surface area contributed by atoms with Crippen molar-refractivity contribution in [2.75, 3.05) is 24.4 Å². The highest BCUT2D eigenvalue weighted by molar-refractivity contribution is 6.04. The van der Waals surface area contributed by atoms with Crippen LogP contribution < -0.4 is 15.0 Å². The molecule has 6 heteroatoms. The number of carbonyl (C=O) groups excluding carboxylic acids is 1. The molecule has 1 N–H and O–H groups in total. The summed E-state index contributed by atoms with van der Waals surface area (Å²) in [5, 5.41) is 3.25. The zero-order chi connectivity index (χ0) is 19.2. The van der Waals surface area contributed by atoms with Crippen LogP contribution in [0.15, 0.2) is 60.7 Å². The number of rotatable bonds is 6. The van der Waals surface area contributed by atoms with Gasteiger partial charge in [0.1, 0.15) is 23.1 Å². The number of anilines is 2. The van der Waals surface area contributed by atoms with Gasteiger partial charge < -0.3 is 15.0 Å². The van der Waals surface area contributed by atoms with E-state index in [4.69, 9.17) is 4.74 Å². The van der Waals surface area contributed by atoms with E-state index >= 15 is 0 Å². The summed E-state index contributed by atoms with van der Waals surface area (Å²) in [7, 11) is 3.38. The van der Waals surface area contributed by atoms with E-state index in [0.717, 1.165) is 17.0 Å². The Bertz CT molecular complexity index is 911. The fourth-order valence-electron chi connectivity index (χ4n) is 2.64. The number of nitrogens with zero attached hydrogens (tertiary/aromatic N) is 3. The molecule has 3 aromatic rings. The monoisotopic (exact) mass is 362 g/mol. The van der Waals surface area contributed by atoms with Crippen molar-refractivity contribution in [2.45, 2.75) is 13.5 Å². The van der Waals surface area contributed by atoms with Crippen LogP contribution in [-0.2, 0) is 6.54 Å². The van der Waals surface area contributed by atoms with Crippen molar-refractivity contribution in [2.24, 2.45) is 0 Å². The third-order valence-corrected chi connectivity index (χ3v) is 4.14. The Balaban J connectivity index is 1.74. The second kappa shape index (κ2) is 8.31. The van der Waals surface area contributed by atoms with Gasteiger partial charge in [0.15, 0.2) is 0 Å². The van der Waals surface area contributed by atoms with Gasteiger partial charge in [-0.25, -0.2) is 9.97 Å². The highest BCUT2D eigenvalue weighted by Crippen LogP contribution is 2.17. The van der Waals surface area contributed by atoms with Gasteiger partial charge in [-0.05, 0) is 36.8 Å². The van der Waals surface area contributed by atoms with Crippen molar-refractivity contribution in [3.63, 3.8) is 0 Å². The topological polar surface area (TPSA) is 67.3 Å². The number of amides is 1. The van der Waals surface area contributed by atoms with Crippen LogP contribution in [-0.4, -0.2) is 30.0 Å². The first-order valence-electron chi connectivity index (χ1n) is 8.62. The molecule has 1 heterocycles. The minimum absolute atomic E-state index is 0.181. The molecule has 0 spiro atoms. The fourth-order valence-corrected chi connectivity index (χ4v) is 2.64. The molecular formula is C21H22N4O2. The van der Waals surface area contributed by atoms with Crippen molar-refractivity contribution in [3.8, 4) is 5.75 Å². The van der Waals surface area contributed by atoms with Gasteiger partial charge in [-0.3, -0.25) is 4.79 Å². The number of carbonyl (C=O) groups is 1. The summed E-state index contributed by atoms with van der Waals surface area (Å²) >= 11 is 0. The Hall–Kier alpha value is -3.41. The van der Waals surface area contributed by atoms with Gasteiger partial charge in [-0.1, -0.05) is 30.3 Å². The van der Waals surface area contributed by atoms with Crippen molar-refractivity contribution < 1.29 is 9.53 Å². The van der Waals surface area contributed by atoms with Gasteiger partial charge in [0.05, 0.1) is 7.11 Å². The van der Waals surface area contributed by atoms with E-state index in [-0.39, 0.29) is 5.91 Å². The maximum Gasteiger partial charge on any atom is 0.276 e. The highest BCUT2D eigenvalue weighted by Gasteiger charge is 2.16. The van der Waals surface area contributed by atoms with Gasteiger partial charge in [0.25, 0.3) is 5.91 Å². The van der Waals surface area contributed by atoms with Crippen molar-refractivity contribution in [1.82, 2.24) is 9.97 Å². The lowest BCUT2D eigenvalue weighted by molar-refractivity contribution is 0.0988. The number of ether oxygens (including phenoxy) is 1. The first-order valence-corrected chi connectivity index (χ1v) is 8.62. The number of para-hydroxylation sites is 1. The van der Waals surface area contributed by atoms with Crippen LogP contribution in [0.5, 0.6) is 5.75 Å². The lowest BCUT2D eigenvalue weighted by atomic mass is 10.2. The van der Waals surface area contributed by atoms with Crippen LogP contribution in [0.25, 0.3) is 0 Å². The molecule has 138 valence electrons. The fraction of sp³-hybridized carbons (Fsp3) is 0.190. The Morgan fingerprint density at radius 1 is 1.07 bits per heavy atom. The van der Waals surface area contributed by atoms with E-state index in [1.807, 2.05) is 54.6 Å². The molecule has 27 heavy (non-hydrogen) atoms. The number of hydrogen-bond acceptors (Lipinski definition) is 5. The third-order valence-electron chi connectivity index (χ3n) is 4.14. The number of benzene rings is 2. The number of nitrogens with one attached hydrogen (secondary N) is 1. The molecule has 6 nitrogen and oxygen atoms in total. The predicted molar refractivity (Wildman–Crippen MR) is 106 cm³/mol. The summed E-state index contributed by atoms with van der Waals surface area (Å²) in [6, 6.07) is 18.9. The number of hydrogen-bond donors (Lipinski definition) is 1. The maximum atomic E-state index is 12.8. The molecule has 2 aromatic carbocycles. The van der Waals surface area contributed by atoms with Crippen LogP contribution in [0.4, 0.5) is 11.5 Å². The van der Waals surface area contributed by atoms with E-state index in [9.17, 15) is 4.79 Å². The summed E-state index contributed by atoms with van der Waals surface area (Å²) in [4.78, 5) is 23.0. The van der Waals surface area contributed by atoms with E-state index in [0.29, 0.717) is 23.9 Å². The quantitative estimate of drug-likeness (QED) is 0.724. The van der Waals surface area contributed by atoms with E-state index < -0.39 is 0 Å². The summed E-state index contributed by atoms with van der Waals surface area (Å²) in [5.41, 5.74) is 2.25. The number of aromatic nitrogens is 2. The molecule has 0 fully saturated rings. The van der Waals surface area contributed by atoms with Crippen molar-refractivity contribution in [3.05, 3.63) is 77.7 Å². The Kier molecular flexibility index (Phi) is 5.66. The molecule has 0 unspecified atom stereocenters. The summed E-state index contributed by atoms with van der Waals surface area (Å²) in [5.74, 6) is 1.79. The molecule has 3 rings (SSSR count). The average molecular weight is 362 g/mol. The zero-order valence-electron chi connectivity index (χ0n) is 15.6. The zero-order valence-corrected chi connectivity index (χ0v) is 15.6. The molecule has 0 aliphatic carbocycles. The number of methoxy groups -OCH3 is 1. The maximum absolute atomic E-state index is 12.8. The Morgan fingerprint density at radius 2 is 1.78 bits per heavy atom. The van der Waals surface area contributed by atoms with Gasteiger partial charge in [-0.15, -0.1) is 0 Å². The lowest BCUT2D eigenvalue weighted by Crippen LogP contribution is -2.27. The Labute approximate surface area is 158 Å². The predicted octanol–water partition coefficient (Wildman–Crippen LogP) is 3.68. The van der Waals surface area contributed by atoms with E-state index in [1.165, 1.54) is 0 Å². The largest absolute Gasteiger partial charge is 0.497 e. The van der Waals surface area contributed by atoms with Gasteiger partial charge >= 0.3 is 0 Å².